The molecule has 7 nitrogen and oxygen atoms in total. The lowest BCUT2D eigenvalue weighted by atomic mass is 10.1. The summed E-state index contributed by atoms with van der Waals surface area (Å²) in [6.07, 6.45) is 8.12. The summed E-state index contributed by atoms with van der Waals surface area (Å²) in [4.78, 5) is 25.4. The van der Waals surface area contributed by atoms with Gasteiger partial charge in [0.25, 0.3) is 5.91 Å². The zero-order chi connectivity index (χ0) is 23.3. The molecule has 4 aromatic rings. The average Bonchev–Trinajstić information content (AvgIpc) is 3.55. The number of carbonyl (C=O) groups is 1. The van der Waals surface area contributed by atoms with Crippen LogP contribution >= 0.6 is 11.3 Å². The van der Waals surface area contributed by atoms with Crippen molar-refractivity contribution >= 4 is 28.9 Å². The minimum atomic E-state index is -0.177. The van der Waals surface area contributed by atoms with Crippen LogP contribution in [0, 0.1) is 0 Å². The Morgan fingerprint density at radius 2 is 1.85 bits per heavy atom. The molecule has 0 spiro atoms. The van der Waals surface area contributed by atoms with Crippen molar-refractivity contribution in [3.05, 3.63) is 77.6 Å². The first-order chi connectivity index (χ1) is 16.7. The summed E-state index contributed by atoms with van der Waals surface area (Å²) in [6, 6.07) is 17.3. The topological polar surface area (TPSA) is 89.0 Å². The maximum absolute atomic E-state index is 11.7. The van der Waals surface area contributed by atoms with Crippen molar-refractivity contribution < 1.29 is 9.53 Å². The zero-order valence-electron chi connectivity index (χ0n) is 18.8. The van der Waals surface area contributed by atoms with Crippen molar-refractivity contribution in [2.24, 2.45) is 0 Å². The monoisotopic (exact) mass is 471 g/mol. The van der Waals surface area contributed by atoms with E-state index in [0.29, 0.717) is 28.9 Å². The first-order valence-corrected chi connectivity index (χ1v) is 12.2. The Morgan fingerprint density at radius 1 is 1.03 bits per heavy atom. The molecule has 1 aliphatic carbocycles. The number of pyridine rings is 2. The molecule has 0 unspecified atom stereocenters. The van der Waals surface area contributed by atoms with Gasteiger partial charge in [-0.2, -0.15) is 0 Å². The quantitative estimate of drug-likeness (QED) is 0.336. The number of hydrogen-bond acceptors (Lipinski definition) is 7. The number of hydrogen-bond donors (Lipinski definition) is 2. The molecule has 0 radical (unpaired) electrons. The smallest absolute Gasteiger partial charge is 0.252 e. The number of nitrogens with zero attached hydrogens (tertiary/aromatic N) is 3. The Morgan fingerprint density at radius 3 is 2.59 bits per heavy atom. The van der Waals surface area contributed by atoms with Crippen molar-refractivity contribution in [3.63, 3.8) is 0 Å². The van der Waals surface area contributed by atoms with Gasteiger partial charge in [0, 0.05) is 37.0 Å². The Bertz CT molecular complexity index is 1270. The van der Waals surface area contributed by atoms with Crippen LogP contribution in [0.4, 0.5) is 11.6 Å². The molecule has 1 aromatic carbocycles. The Balaban J connectivity index is 1.38. The third-order valence-corrected chi connectivity index (χ3v) is 6.91. The van der Waals surface area contributed by atoms with E-state index < -0.39 is 0 Å². The number of anilines is 2. The Hall–Kier alpha value is -3.78. The van der Waals surface area contributed by atoms with E-state index in [1.807, 2.05) is 30.3 Å². The summed E-state index contributed by atoms with van der Waals surface area (Å²) in [7, 11) is 1.59. The largest absolute Gasteiger partial charge is 0.444 e. The second kappa shape index (κ2) is 10.0. The fourth-order valence-corrected chi connectivity index (χ4v) is 5.17. The molecule has 5 rings (SSSR count). The SMILES string of the molecule is CNC(=O)c1ccc(Nc2cc(Oc3sc(C4CCCC4)nc3-c3ccccc3)ccn2)nc1. The lowest BCUT2D eigenvalue weighted by Gasteiger charge is -2.09. The summed E-state index contributed by atoms with van der Waals surface area (Å²) in [6.45, 7) is 0. The van der Waals surface area contributed by atoms with E-state index in [-0.39, 0.29) is 5.91 Å². The van der Waals surface area contributed by atoms with Crippen LogP contribution in [0.1, 0.15) is 47.0 Å². The predicted octanol–water partition coefficient (Wildman–Crippen LogP) is 6.15. The molecule has 172 valence electrons. The van der Waals surface area contributed by atoms with Crippen LogP contribution in [0.5, 0.6) is 10.8 Å². The van der Waals surface area contributed by atoms with Crippen LogP contribution < -0.4 is 15.4 Å². The number of nitrogens with one attached hydrogen (secondary N) is 2. The number of aromatic nitrogens is 3. The first kappa shape index (κ1) is 22.0. The number of benzene rings is 1. The Labute approximate surface area is 202 Å². The third kappa shape index (κ3) is 4.92. The molecule has 1 amide bonds. The highest BCUT2D eigenvalue weighted by atomic mass is 32.1. The van der Waals surface area contributed by atoms with E-state index in [1.165, 1.54) is 31.9 Å². The molecule has 3 heterocycles. The minimum Gasteiger partial charge on any atom is -0.444 e. The summed E-state index contributed by atoms with van der Waals surface area (Å²) >= 11 is 1.64. The molecule has 1 saturated carbocycles. The molecular weight excluding hydrogens is 446 g/mol. The van der Waals surface area contributed by atoms with Crippen molar-refractivity contribution in [3.8, 4) is 22.1 Å². The molecule has 0 atom stereocenters. The first-order valence-electron chi connectivity index (χ1n) is 11.3. The normalized spacial score (nSPS) is 13.6. The van der Waals surface area contributed by atoms with Gasteiger partial charge in [-0.15, -0.1) is 0 Å². The van der Waals surface area contributed by atoms with Gasteiger partial charge in [-0.3, -0.25) is 4.79 Å². The molecule has 0 saturated heterocycles. The Kier molecular flexibility index (Phi) is 6.49. The lowest BCUT2D eigenvalue weighted by Crippen LogP contribution is -2.17. The maximum Gasteiger partial charge on any atom is 0.252 e. The van der Waals surface area contributed by atoms with Gasteiger partial charge < -0.3 is 15.4 Å². The van der Waals surface area contributed by atoms with E-state index in [1.54, 1.807) is 36.7 Å². The predicted molar refractivity (Wildman–Crippen MR) is 134 cm³/mol. The van der Waals surface area contributed by atoms with Gasteiger partial charge in [0.05, 0.1) is 5.56 Å². The van der Waals surface area contributed by atoms with Gasteiger partial charge in [0.2, 0.25) is 5.06 Å². The van der Waals surface area contributed by atoms with Crippen molar-refractivity contribution in [2.45, 2.75) is 31.6 Å². The molecule has 0 aliphatic heterocycles. The number of ether oxygens (including phenoxy) is 1. The van der Waals surface area contributed by atoms with Crippen molar-refractivity contribution in [1.29, 1.82) is 0 Å². The average molecular weight is 472 g/mol. The van der Waals surface area contributed by atoms with Crippen LogP contribution in [0.3, 0.4) is 0 Å². The van der Waals surface area contributed by atoms with Crippen molar-refractivity contribution in [1.82, 2.24) is 20.3 Å². The molecular formula is C26H25N5O2S. The fraction of sp³-hybridized carbons (Fsp3) is 0.231. The summed E-state index contributed by atoms with van der Waals surface area (Å²) < 4.78 is 6.35. The lowest BCUT2D eigenvalue weighted by molar-refractivity contribution is 0.0963. The van der Waals surface area contributed by atoms with Gasteiger partial charge in [0.1, 0.15) is 28.1 Å². The van der Waals surface area contributed by atoms with Crippen LogP contribution in [0.2, 0.25) is 0 Å². The summed E-state index contributed by atoms with van der Waals surface area (Å²) in [5, 5.41) is 7.69. The molecule has 0 bridgehead atoms. The highest BCUT2D eigenvalue weighted by Gasteiger charge is 2.24. The van der Waals surface area contributed by atoms with Crippen LogP contribution in [0.15, 0.2) is 67.0 Å². The number of rotatable bonds is 7. The number of amides is 1. The second-order valence-corrected chi connectivity index (χ2v) is 9.14. The molecule has 1 aliphatic rings. The zero-order valence-corrected chi connectivity index (χ0v) is 19.6. The van der Waals surface area contributed by atoms with E-state index in [9.17, 15) is 4.79 Å². The van der Waals surface area contributed by atoms with E-state index in [4.69, 9.17) is 9.72 Å². The number of thiazole rings is 1. The van der Waals surface area contributed by atoms with Crippen molar-refractivity contribution in [2.75, 3.05) is 12.4 Å². The molecule has 1 fully saturated rings. The van der Waals surface area contributed by atoms with Gasteiger partial charge >= 0.3 is 0 Å². The van der Waals surface area contributed by atoms with E-state index in [2.05, 4.69) is 32.7 Å². The summed E-state index contributed by atoms with van der Waals surface area (Å²) in [5.41, 5.74) is 2.42. The second-order valence-electron chi connectivity index (χ2n) is 8.15. The fourth-order valence-electron chi connectivity index (χ4n) is 4.04. The van der Waals surface area contributed by atoms with Gasteiger partial charge in [-0.05, 0) is 31.0 Å². The van der Waals surface area contributed by atoms with Gasteiger partial charge in [-0.1, -0.05) is 54.5 Å². The molecule has 34 heavy (non-hydrogen) atoms. The molecule has 3 aromatic heterocycles. The molecule has 2 N–H and O–H groups in total. The maximum atomic E-state index is 11.7. The van der Waals surface area contributed by atoms with Crippen LogP contribution in [0.25, 0.3) is 11.3 Å². The third-order valence-electron chi connectivity index (χ3n) is 5.82. The van der Waals surface area contributed by atoms with Gasteiger partial charge in [0.15, 0.2) is 0 Å². The minimum absolute atomic E-state index is 0.177. The van der Waals surface area contributed by atoms with E-state index in [0.717, 1.165) is 21.3 Å². The number of carbonyl (C=O) groups excluding carboxylic acids is 1. The van der Waals surface area contributed by atoms with E-state index >= 15 is 0 Å². The standard InChI is InChI=1S/C26H25N5O2S/c1-27-24(32)19-11-12-21(29-16-19)30-22-15-20(13-14-28-22)33-26-23(17-7-3-2-4-8-17)31-25(34-26)18-9-5-6-10-18/h2-4,7-8,11-16,18H,5-6,9-10H2,1H3,(H,27,32)(H,28,29,30). The van der Waals surface area contributed by atoms with Crippen LogP contribution in [-0.2, 0) is 0 Å². The van der Waals surface area contributed by atoms with Crippen LogP contribution in [-0.4, -0.2) is 27.9 Å². The van der Waals surface area contributed by atoms with Gasteiger partial charge in [-0.25, -0.2) is 15.0 Å². The highest BCUT2D eigenvalue weighted by Crippen LogP contribution is 2.44. The molecule has 8 heteroatoms. The highest BCUT2D eigenvalue weighted by molar-refractivity contribution is 7.14. The summed E-state index contributed by atoms with van der Waals surface area (Å²) in [5.74, 6) is 2.19.